The molecule has 0 amide bonds. The molecule has 1 aromatic carbocycles. The van der Waals surface area contributed by atoms with Gasteiger partial charge in [-0.05, 0) is 36.7 Å². The summed E-state index contributed by atoms with van der Waals surface area (Å²) < 4.78 is 17.0. The minimum atomic E-state index is -0.485. The highest BCUT2D eigenvalue weighted by atomic mass is 32.1. The van der Waals surface area contributed by atoms with E-state index in [0.717, 1.165) is 42.7 Å². The Kier molecular flexibility index (Phi) is 6.77. The standard InChI is InChI=1S/C24H24FN8PS/c1-32(2)14-16-12-27-21(25)11-18(16)17-5-3-4-15-10-20(35-23(15)17)22-19(34)13-28-24(30-22)26-6-8-33-9-7-29-31-33/h3-5,7,9-13H,6,8,14,34H2,1-2H3,(H,26,28,30). The van der Waals surface area contributed by atoms with Crippen LogP contribution in [0.4, 0.5) is 10.3 Å². The Morgan fingerprint density at radius 3 is 2.83 bits per heavy atom. The fourth-order valence-electron chi connectivity index (χ4n) is 3.88. The molecule has 4 heterocycles. The first-order valence-corrected chi connectivity index (χ1v) is 12.4. The molecular weight excluding hydrogens is 482 g/mol. The molecule has 0 fully saturated rings. The van der Waals surface area contributed by atoms with Crippen molar-refractivity contribution in [3.8, 4) is 21.7 Å². The normalized spacial score (nSPS) is 11.5. The van der Waals surface area contributed by atoms with Gasteiger partial charge in [0.1, 0.15) is 0 Å². The number of anilines is 1. The van der Waals surface area contributed by atoms with E-state index in [9.17, 15) is 4.39 Å². The number of pyridine rings is 1. The van der Waals surface area contributed by atoms with E-state index in [-0.39, 0.29) is 0 Å². The number of hydrogen-bond acceptors (Lipinski definition) is 8. The van der Waals surface area contributed by atoms with Crippen molar-refractivity contribution in [2.75, 3.05) is 26.0 Å². The monoisotopic (exact) mass is 506 g/mol. The van der Waals surface area contributed by atoms with Gasteiger partial charge in [0.05, 0.1) is 23.3 Å². The Bertz CT molecular complexity index is 1470. The summed E-state index contributed by atoms with van der Waals surface area (Å²) in [6, 6.07) is 9.76. The zero-order chi connectivity index (χ0) is 24.4. The van der Waals surface area contributed by atoms with Crippen LogP contribution in [0.2, 0.25) is 0 Å². The summed E-state index contributed by atoms with van der Waals surface area (Å²) in [6.07, 6.45) is 6.88. The number of halogens is 1. The summed E-state index contributed by atoms with van der Waals surface area (Å²) in [7, 11) is 6.70. The fourth-order valence-corrected chi connectivity index (χ4v) is 5.47. The van der Waals surface area contributed by atoms with Crippen molar-refractivity contribution in [3.63, 3.8) is 0 Å². The van der Waals surface area contributed by atoms with Gasteiger partial charge in [0.2, 0.25) is 11.9 Å². The van der Waals surface area contributed by atoms with Crippen molar-refractivity contribution in [1.29, 1.82) is 0 Å². The highest BCUT2D eigenvalue weighted by Gasteiger charge is 2.16. The lowest BCUT2D eigenvalue weighted by Gasteiger charge is -2.14. The van der Waals surface area contributed by atoms with E-state index in [1.807, 2.05) is 32.4 Å². The lowest BCUT2D eigenvalue weighted by molar-refractivity contribution is 0.401. The summed E-state index contributed by atoms with van der Waals surface area (Å²) in [5, 5.41) is 13.0. The quantitative estimate of drug-likeness (QED) is 0.253. The number of hydrogen-bond donors (Lipinski definition) is 1. The van der Waals surface area contributed by atoms with Crippen LogP contribution in [0.15, 0.2) is 55.1 Å². The lowest BCUT2D eigenvalue weighted by atomic mass is 10.00. The van der Waals surface area contributed by atoms with E-state index in [1.165, 1.54) is 6.07 Å². The topological polar surface area (TPSA) is 84.7 Å². The predicted octanol–water partition coefficient (Wildman–Crippen LogP) is 3.83. The molecule has 1 N–H and O–H groups in total. The highest BCUT2D eigenvalue weighted by molar-refractivity contribution is 7.28. The van der Waals surface area contributed by atoms with Crippen LogP contribution in [-0.2, 0) is 13.1 Å². The van der Waals surface area contributed by atoms with E-state index in [4.69, 9.17) is 4.98 Å². The van der Waals surface area contributed by atoms with Crippen molar-refractivity contribution >= 4 is 41.9 Å². The molecule has 0 aliphatic heterocycles. The van der Waals surface area contributed by atoms with E-state index in [0.29, 0.717) is 25.6 Å². The summed E-state index contributed by atoms with van der Waals surface area (Å²) in [4.78, 5) is 16.1. The number of rotatable bonds is 8. The minimum Gasteiger partial charge on any atom is -0.352 e. The average Bonchev–Trinajstić information content (AvgIpc) is 3.51. The van der Waals surface area contributed by atoms with Crippen LogP contribution >= 0.6 is 20.6 Å². The molecule has 178 valence electrons. The van der Waals surface area contributed by atoms with Crippen LogP contribution in [0.5, 0.6) is 0 Å². The van der Waals surface area contributed by atoms with Gasteiger partial charge < -0.3 is 10.2 Å². The summed E-state index contributed by atoms with van der Waals surface area (Å²) in [6.45, 7) is 1.95. The van der Waals surface area contributed by atoms with Crippen molar-refractivity contribution in [1.82, 2.24) is 34.8 Å². The number of nitrogens with zero attached hydrogens (tertiary/aromatic N) is 7. The average molecular weight is 507 g/mol. The minimum absolute atomic E-state index is 0.485. The molecule has 0 bridgehead atoms. The second kappa shape index (κ2) is 10.1. The first-order chi connectivity index (χ1) is 17.0. The Morgan fingerprint density at radius 2 is 2.03 bits per heavy atom. The van der Waals surface area contributed by atoms with E-state index in [2.05, 4.69) is 51.9 Å². The Hall–Kier alpha value is -3.33. The van der Waals surface area contributed by atoms with Crippen LogP contribution in [-0.4, -0.2) is 55.5 Å². The summed E-state index contributed by atoms with van der Waals surface area (Å²) in [5.41, 5.74) is 3.67. The maximum Gasteiger partial charge on any atom is 0.223 e. The Balaban J connectivity index is 1.50. The molecular formula is C24H24FN8PS. The van der Waals surface area contributed by atoms with Gasteiger partial charge in [0, 0.05) is 53.3 Å². The maximum atomic E-state index is 14.2. The molecule has 0 saturated heterocycles. The smallest absolute Gasteiger partial charge is 0.223 e. The van der Waals surface area contributed by atoms with E-state index < -0.39 is 5.95 Å². The van der Waals surface area contributed by atoms with Crippen LogP contribution in [0.1, 0.15) is 5.56 Å². The third-order valence-corrected chi connectivity index (χ3v) is 7.03. The summed E-state index contributed by atoms with van der Waals surface area (Å²) >= 11 is 1.64. The first kappa shape index (κ1) is 23.4. The Morgan fingerprint density at radius 1 is 1.14 bits per heavy atom. The number of nitrogens with one attached hydrogen (secondary N) is 1. The lowest BCUT2D eigenvalue weighted by Crippen LogP contribution is -2.14. The number of aromatic nitrogens is 6. The van der Waals surface area contributed by atoms with Gasteiger partial charge in [0.25, 0.3) is 0 Å². The number of fused-ring (bicyclic) bond motifs is 1. The zero-order valence-electron chi connectivity index (χ0n) is 19.3. The maximum absolute atomic E-state index is 14.2. The SMILES string of the molecule is CN(C)Cc1cnc(F)cc1-c1cccc2cc(-c3nc(NCCn4ccnn4)ncc3P)sc12. The number of benzene rings is 1. The van der Waals surface area contributed by atoms with Gasteiger partial charge in [-0.3, -0.25) is 4.68 Å². The third kappa shape index (κ3) is 5.19. The van der Waals surface area contributed by atoms with E-state index >= 15 is 0 Å². The zero-order valence-corrected chi connectivity index (χ0v) is 21.3. The van der Waals surface area contributed by atoms with Gasteiger partial charge in [-0.25, -0.2) is 15.0 Å². The van der Waals surface area contributed by atoms with Crippen LogP contribution in [0, 0.1) is 5.95 Å². The Labute approximate surface area is 208 Å². The molecule has 1 atom stereocenters. The van der Waals surface area contributed by atoms with Crippen molar-refractivity contribution in [2.24, 2.45) is 0 Å². The van der Waals surface area contributed by atoms with Gasteiger partial charge in [0.15, 0.2) is 0 Å². The van der Waals surface area contributed by atoms with Gasteiger partial charge in [-0.1, -0.05) is 23.4 Å². The van der Waals surface area contributed by atoms with Crippen LogP contribution in [0.25, 0.3) is 31.8 Å². The molecule has 11 heteroatoms. The molecule has 0 aliphatic rings. The molecule has 0 saturated carbocycles. The molecule has 4 aromatic heterocycles. The molecule has 5 aromatic rings. The third-order valence-electron chi connectivity index (χ3n) is 5.42. The molecule has 0 aliphatic carbocycles. The predicted molar refractivity (Wildman–Crippen MR) is 141 cm³/mol. The fraction of sp³-hybridized carbons (Fsp3) is 0.208. The molecule has 0 radical (unpaired) electrons. The molecule has 1 unspecified atom stereocenters. The van der Waals surface area contributed by atoms with Gasteiger partial charge in [-0.2, -0.15) is 4.39 Å². The molecule has 35 heavy (non-hydrogen) atoms. The van der Waals surface area contributed by atoms with Gasteiger partial charge in [-0.15, -0.1) is 25.7 Å². The van der Waals surface area contributed by atoms with Crippen molar-refractivity contribution in [3.05, 3.63) is 66.6 Å². The highest BCUT2D eigenvalue weighted by Crippen LogP contribution is 2.40. The number of thiophene rings is 1. The van der Waals surface area contributed by atoms with E-state index in [1.54, 1.807) is 34.6 Å². The molecule has 5 rings (SSSR count). The van der Waals surface area contributed by atoms with Crippen molar-refractivity contribution in [2.45, 2.75) is 13.1 Å². The molecule has 8 nitrogen and oxygen atoms in total. The van der Waals surface area contributed by atoms with Gasteiger partial charge >= 0.3 is 0 Å². The summed E-state index contributed by atoms with van der Waals surface area (Å²) in [5.74, 6) is 0.0643. The first-order valence-electron chi connectivity index (χ1n) is 11.0. The largest absolute Gasteiger partial charge is 0.352 e. The second-order valence-electron chi connectivity index (χ2n) is 8.33. The molecule has 0 spiro atoms. The van der Waals surface area contributed by atoms with Crippen LogP contribution < -0.4 is 10.6 Å². The van der Waals surface area contributed by atoms with Crippen LogP contribution in [0.3, 0.4) is 0 Å². The van der Waals surface area contributed by atoms with Crippen molar-refractivity contribution < 1.29 is 4.39 Å². The second-order valence-corrected chi connectivity index (χ2v) is 10.0.